The molecule has 2 N–H and O–H groups in total. The maximum atomic E-state index is 9.95. The predicted molar refractivity (Wildman–Crippen MR) is 59.6 cm³/mol. The quantitative estimate of drug-likeness (QED) is 0.735. The van der Waals surface area contributed by atoms with Crippen LogP contribution in [0.4, 0.5) is 0 Å². The van der Waals surface area contributed by atoms with Gasteiger partial charge in [0, 0.05) is 19.2 Å². The number of hydrogen-bond donors (Lipinski definition) is 2. The van der Waals surface area contributed by atoms with E-state index < -0.39 is 0 Å². The molecule has 2 fully saturated rings. The molecule has 0 aromatic heterocycles. The number of likely N-dealkylation sites (tertiary alicyclic amines) is 1. The van der Waals surface area contributed by atoms with E-state index in [4.69, 9.17) is 5.11 Å². The molecule has 2 aliphatic rings. The minimum atomic E-state index is -0.105. The molecule has 3 nitrogen and oxygen atoms in total. The lowest BCUT2D eigenvalue weighted by Crippen LogP contribution is -2.44. The van der Waals surface area contributed by atoms with Crippen molar-refractivity contribution < 1.29 is 10.2 Å². The molecule has 3 atom stereocenters. The lowest BCUT2D eigenvalue weighted by molar-refractivity contribution is 0.0290. The van der Waals surface area contributed by atoms with Gasteiger partial charge in [0.2, 0.25) is 0 Å². The highest BCUT2D eigenvalue weighted by atomic mass is 16.3. The number of rotatable bonds is 3. The van der Waals surface area contributed by atoms with Crippen molar-refractivity contribution in [3.05, 3.63) is 0 Å². The zero-order valence-corrected chi connectivity index (χ0v) is 9.44. The molecule has 0 spiro atoms. The number of aliphatic hydroxyl groups is 2. The van der Waals surface area contributed by atoms with Crippen molar-refractivity contribution in [2.24, 2.45) is 5.92 Å². The summed E-state index contributed by atoms with van der Waals surface area (Å²) in [6, 6.07) is 0.405. The van der Waals surface area contributed by atoms with Crippen molar-refractivity contribution in [2.45, 2.75) is 50.7 Å². The summed E-state index contributed by atoms with van der Waals surface area (Å²) in [5.74, 6) is 0.657. The van der Waals surface area contributed by atoms with Gasteiger partial charge in [-0.2, -0.15) is 0 Å². The van der Waals surface area contributed by atoms with Crippen LogP contribution in [0.3, 0.4) is 0 Å². The summed E-state index contributed by atoms with van der Waals surface area (Å²) in [5, 5.41) is 18.9. The fourth-order valence-corrected chi connectivity index (χ4v) is 3.10. The topological polar surface area (TPSA) is 43.7 Å². The molecular weight excluding hydrogens is 190 g/mol. The van der Waals surface area contributed by atoms with Gasteiger partial charge in [-0.15, -0.1) is 0 Å². The maximum absolute atomic E-state index is 9.95. The van der Waals surface area contributed by atoms with Gasteiger partial charge in [0.05, 0.1) is 6.10 Å². The second-order valence-electron chi connectivity index (χ2n) is 5.08. The lowest BCUT2D eigenvalue weighted by Gasteiger charge is -2.35. The molecule has 2 rings (SSSR count). The Morgan fingerprint density at radius 3 is 2.67 bits per heavy atom. The Balaban J connectivity index is 1.83. The Morgan fingerprint density at radius 2 is 1.93 bits per heavy atom. The van der Waals surface area contributed by atoms with Crippen LogP contribution < -0.4 is 0 Å². The molecule has 3 unspecified atom stereocenters. The first kappa shape index (κ1) is 11.4. The Labute approximate surface area is 92.1 Å². The van der Waals surface area contributed by atoms with E-state index >= 15 is 0 Å². The Hall–Kier alpha value is -0.120. The highest BCUT2D eigenvalue weighted by Gasteiger charge is 2.33. The molecule has 0 radical (unpaired) electrons. The number of aliphatic hydroxyl groups excluding tert-OH is 2. The van der Waals surface area contributed by atoms with Crippen molar-refractivity contribution in [1.82, 2.24) is 4.90 Å². The minimum Gasteiger partial charge on any atom is -0.396 e. The summed E-state index contributed by atoms with van der Waals surface area (Å²) < 4.78 is 0. The van der Waals surface area contributed by atoms with Crippen LogP contribution in [0.5, 0.6) is 0 Å². The zero-order chi connectivity index (χ0) is 10.7. The van der Waals surface area contributed by atoms with Gasteiger partial charge < -0.3 is 10.2 Å². The summed E-state index contributed by atoms with van der Waals surface area (Å²) in [4.78, 5) is 2.45. The van der Waals surface area contributed by atoms with Crippen molar-refractivity contribution >= 4 is 0 Å². The van der Waals surface area contributed by atoms with Gasteiger partial charge in [0.15, 0.2) is 0 Å². The highest BCUT2D eigenvalue weighted by Crippen LogP contribution is 2.28. The van der Waals surface area contributed by atoms with E-state index in [-0.39, 0.29) is 6.10 Å². The van der Waals surface area contributed by atoms with E-state index in [9.17, 15) is 5.11 Å². The van der Waals surface area contributed by atoms with E-state index in [0.29, 0.717) is 18.6 Å². The lowest BCUT2D eigenvalue weighted by atomic mass is 9.91. The SMILES string of the molecule is OCCC1CCN(C2CCCCC2O)C1. The molecular formula is C12H23NO2. The molecule has 1 saturated heterocycles. The molecule has 1 aliphatic carbocycles. The molecule has 88 valence electrons. The monoisotopic (exact) mass is 213 g/mol. The summed E-state index contributed by atoms with van der Waals surface area (Å²) in [6.45, 7) is 2.51. The van der Waals surface area contributed by atoms with Crippen LogP contribution in [0.25, 0.3) is 0 Å². The zero-order valence-electron chi connectivity index (χ0n) is 9.44. The summed E-state index contributed by atoms with van der Waals surface area (Å²) in [6.07, 6.45) is 6.61. The normalized spacial score (nSPS) is 38.4. The van der Waals surface area contributed by atoms with E-state index in [1.165, 1.54) is 19.3 Å². The van der Waals surface area contributed by atoms with E-state index in [2.05, 4.69) is 4.90 Å². The molecule has 0 aromatic rings. The summed E-state index contributed by atoms with van der Waals surface area (Å²) >= 11 is 0. The third-order valence-electron chi connectivity index (χ3n) is 4.02. The average molecular weight is 213 g/mol. The first-order chi connectivity index (χ1) is 7.31. The van der Waals surface area contributed by atoms with E-state index in [1.807, 2.05) is 0 Å². The van der Waals surface area contributed by atoms with Gasteiger partial charge in [0.1, 0.15) is 0 Å². The molecule has 3 heteroatoms. The van der Waals surface area contributed by atoms with Crippen LogP contribution in [0, 0.1) is 5.92 Å². The molecule has 1 heterocycles. The standard InChI is InChI=1S/C12H23NO2/c14-8-6-10-5-7-13(9-10)11-3-1-2-4-12(11)15/h10-12,14-15H,1-9H2. The molecule has 0 aromatic carbocycles. The Morgan fingerprint density at radius 1 is 1.13 bits per heavy atom. The van der Waals surface area contributed by atoms with Gasteiger partial charge in [-0.3, -0.25) is 4.90 Å². The maximum Gasteiger partial charge on any atom is 0.0695 e. The molecule has 1 aliphatic heterocycles. The van der Waals surface area contributed by atoms with Crippen LogP contribution in [0.15, 0.2) is 0 Å². The van der Waals surface area contributed by atoms with Crippen LogP contribution in [0.2, 0.25) is 0 Å². The van der Waals surface area contributed by atoms with Crippen LogP contribution in [-0.4, -0.2) is 47.0 Å². The fourth-order valence-electron chi connectivity index (χ4n) is 3.10. The largest absolute Gasteiger partial charge is 0.396 e. The molecule has 1 saturated carbocycles. The van der Waals surface area contributed by atoms with Gasteiger partial charge in [-0.05, 0) is 38.1 Å². The summed E-state index contributed by atoms with van der Waals surface area (Å²) in [5.41, 5.74) is 0. The van der Waals surface area contributed by atoms with Crippen LogP contribution in [-0.2, 0) is 0 Å². The molecule has 0 bridgehead atoms. The predicted octanol–water partition coefficient (Wildman–Crippen LogP) is 0.994. The van der Waals surface area contributed by atoms with E-state index in [0.717, 1.165) is 32.4 Å². The first-order valence-electron chi connectivity index (χ1n) is 6.34. The number of hydrogen-bond acceptors (Lipinski definition) is 3. The first-order valence-corrected chi connectivity index (χ1v) is 6.34. The third kappa shape index (κ3) is 2.71. The van der Waals surface area contributed by atoms with Gasteiger partial charge >= 0.3 is 0 Å². The minimum absolute atomic E-state index is 0.105. The second-order valence-corrected chi connectivity index (χ2v) is 5.08. The van der Waals surface area contributed by atoms with Crippen molar-refractivity contribution in [3.63, 3.8) is 0 Å². The smallest absolute Gasteiger partial charge is 0.0695 e. The Bertz CT molecular complexity index is 198. The Kier molecular flexibility index (Phi) is 4.00. The van der Waals surface area contributed by atoms with E-state index in [1.54, 1.807) is 0 Å². The van der Waals surface area contributed by atoms with Crippen molar-refractivity contribution in [2.75, 3.05) is 19.7 Å². The van der Waals surface area contributed by atoms with Gasteiger partial charge in [0.25, 0.3) is 0 Å². The summed E-state index contributed by atoms with van der Waals surface area (Å²) in [7, 11) is 0. The highest BCUT2D eigenvalue weighted by molar-refractivity contribution is 4.87. The van der Waals surface area contributed by atoms with Gasteiger partial charge in [-0.25, -0.2) is 0 Å². The molecule has 0 amide bonds. The fraction of sp³-hybridized carbons (Fsp3) is 1.00. The number of nitrogens with zero attached hydrogens (tertiary/aromatic N) is 1. The van der Waals surface area contributed by atoms with Crippen molar-refractivity contribution in [1.29, 1.82) is 0 Å². The van der Waals surface area contributed by atoms with Crippen molar-refractivity contribution in [3.8, 4) is 0 Å². The van der Waals surface area contributed by atoms with Gasteiger partial charge in [-0.1, -0.05) is 12.8 Å². The third-order valence-corrected chi connectivity index (χ3v) is 4.02. The molecule has 15 heavy (non-hydrogen) atoms. The van der Waals surface area contributed by atoms with Crippen LogP contribution >= 0.6 is 0 Å². The van der Waals surface area contributed by atoms with Crippen LogP contribution in [0.1, 0.15) is 38.5 Å². The second kappa shape index (κ2) is 5.28. The average Bonchev–Trinajstić information content (AvgIpc) is 2.68.